The van der Waals surface area contributed by atoms with Gasteiger partial charge in [0.15, 0.2) is 0 Å². The van der Waals surface area contributed by atoms with E-state index in [0.29, 0.717) is 46.2 Å². The van der Waals surface area contributed by atoms with Crippen LogP contribution >= 0.6 is 0 Å². The Morgan fingerprint density at radius 2 is 1.11 bits per heavy atom. The SMILES string of the molecule is CC(C)CCCOCCOCCOCCOCCO. The molecule has 5 nitrogen and oxygen atoms in total. The molecule has 0 aromatic carbocycles. The lowest BCUT2D eigenvalue weighted by Crippen LogP contribution is -2.12. The van der Waals surface area contributed by atoms with Crippen LogP contribution in [-0.4, -0.2) is 64.6 Å². The van der Waals surface area contributed by atoms with E-state index in [1.807, 2.05) is 0 Å². The fourth-order valence-corrected chi connectivity index (χ4v) is 1.42. The van der Waals surface area contributed by atoms with Crippen LogP contribution in [0, 0.1) is 5.92 Å². The highest BCUT2D eigenvalue weighted by Crippen LogP contribution is 2.02. The van der Waals surface area contributed by atoms with E-state index in [-0.39, 0.29) is 6.61 Å². The molecule has 19 heavy (non-hydrogen) atoms. The smallest absolute Gasteiger partial charge is 0.0701 e. The minimum atomic E-state index is 0.0558. The molecule has 0 aromatic heterocycles. The van der Waals surface area contributed by atoms with Crippen molar-refractivity contribution in [1.82, 2.24) is 0 Å². The molecule has 0 rings (SSSR count). The van der Waals surface area contributed by atoms with Crippen LogP contribution in [0.15, 0.2) is 0 Å². The summed E-state index contributed by atoms with van der Waals surface area (Å²) in [5.74, 6) is 0.748. The quantitative estimate of drug-likeness (QED) is 0.460. The Kier molecular flexibility index (Phi) is 15.7. The summed E-state index contributed by atoms with van der Waals surface area (Å²) in [6.45, 7) is 9.15. The van der Waals surface area contributed by atoms with Crippen molar-refractivity contribution in [3.8, 4) is 0 Å². The highest BCUT2D eigenvalue weighted by molar-refractivity contribution is 4.44. The van der Waals surface area contributed by atoms with Gasteiger partial charge < -0.3 is 24.1 Å². The van der Waals surface area contributed by atoms with Gasteiger partial charge in [-0.05, 0) is 18.8 Å². The van der Waals surface area contributed by atoms with Gasteiger partial charge in [-0.25, -0.2) is 0 Å². The van der Waals surface area contributed by atoms with E-state index in [4.69, 9.17) is 24.1 Å². The summed E-state index contributed by atoms with van der Waals surface area (Å²) in [6, 6.07) is 0. The summed E-state index contributed by atoms with van der Waals surface area (Å²) < 4.78 is 21.1. The lowest BCUT2D eigenvalue weighted by Gasteiger charge is -2.07. The van der Waals surface area contributed by atoms with Crippen LogP contribution < -0.4 is 0 Å². The van der Waals surface area contributed by atoms with Gasteiger partial charge in [-0.15, -0.1) is 0 Å². The zero-order chi connectivity index (χ0) is 14.2. The Morgan fingerprint density at radius 1 is 0.684 bits per heavy atom. The average molecular weight is 278 g/mol. The first kappa shape index (κ1) is 18.8. The molecule has 0 heterocycles. The van der Waals surface area contributed by atoms with E-state index in [1.54, 1.807) is 0 Å². The predicted molar refractivity (Wildman–Crippen MR) is 74.4 cm³/mol. The normalized spacial score (nSPS) is 11.4. The molecule has 0 aliphatic rings. The van der Waals surface area contributed by atoms with Crippen molar-refractivity contribution in [3.05, 3.63) is 0 Å². The molecule has 0 bridgehead atoms. The number of aliphatic hydroxyl groups is 1. The second-order valence-corrected chi connectivity index (χ2v) is 4.71. The molecule has 0 aromatic rings. The lowest BCUT2D eigenvalue weighted by atomic mass is 10.1. The van der Waals surface area contributed by atoms with Crippen LogP contribution in [-0.2, 0) is 18.9 Å². The van der Waals surface area contributed by atoms with Crippen molar-refractivity contribution >= 4 is 0 Å². The minimum Gasteiger partial charge on any atom is -0.394 e. The summed E-state index contributed by atoms with van der Waals surface area (Å²) in [4.78, 5) is 0. The molecule has 0 spiro atoms. The van der Waals surface area contributed by atoms with Crippen LogP contribution in [0.25, 0.3) is 0 Å². The van der Waals surface area contributed by atoms with Crippen LogP contribution in [0.2, 0.25) is 0 Å². The molecule has 0 atom stereocenters. The van der Waals surface area contributed by atoms with Gasteiger partial charge in [0.1, 0.15) is 0 Å². The summed E-state index contributed by atoms with van der Waals surface area (Å²) in [7, 11) is 0. The highest BCUT2D eigenvalue weighted by atomic mass is 16.6. The molecule has 0 aliphatic carbocycles. The minimum absolute atomic E-state index is 0.0558. The van der Waals surface area contributed by atoms with Crippen molar-refractivity contribution < 1.29 is 24.1 Å². The fraction of sp³-hybridized carbons (Fsp3) is 1.00. The Balaban J connectivity index is 2.91. The first-order chi connectivity index (χ1) is 9.27. The molecule has 0 radical (unpaired) electrons. The summed E-state index contributed by atoms with van der Waals surface area (Å²) >= 11 is 0. The van der Waals surface area contributed by atoms with Gasteiger partial charge in [0.25, 0.3) is 0 Å². The predicted octanol–water partition coefficient (Wildman–Crippen LogP) is 1.48. The summed E-state index contributed by atoms with van der Waals surface area (Å²) in [6.07, 6.45) is 2.33. The van der Waals surface area contributed by atoms with Gasteiger partial charge in [-0.2, -0.15) is 0 Å². The van der Waals surface area contributed by atoms with Crippen molar-refractivity contribution in [2.45, 2.75) is 26.7 Å². The zero-order valence-corrected chi connectivity index (χ0v) is 12.4. The second-order valence-electron chi connectivity index (χ2n) is 4.71. The van der Waals surface area contributed by atoms with Crippen LogP contribution in [0.1, 0.15) is 26.7 Å². The monoisotopic (exact) mass is 278 g/mol. The maximum absolute atomic E-state index is 8.47. The molecule has 0 amide bonds. The molecule has 1 N–H and O–H groups in total. The Bertz CT molecular complexity index is 164. The molecular weight excluding hydrogens is 248 g/mol. The molecule has 0 saturated carbocycles. The maximum atomic E-state index is 8.47. The Hall–Kier alpha value is -0.200. The van der Waals surface area contributed by atoms with E-state index < -0.39 is 0 Å². The van der Waals surface area contributed by atoms with E-state index in [2.05, 4.69) is 13.8 Å². The van der Waals surface area contributed by atoms with Crippen LogP contribution in [0.4, 0.5) is 0 Å². The largest absolute Gasteiger partial charge is 0.394 e. The van der Waals surface area contributed by atoms with E-state index in [9.17, 15) is 0 Å². The van der Waals surface area contributed by atoms with E-state index in [1.165, 1.54) is 6.42 Å². The maximum Gasteiger partial charge on any atom is 0.0701 e. The van der Waals surface area contributed by atoms with Gasteiger partial charge in [0.05, 0.1) is 52.9 Å². The lowest BCUT2D eigenvalue weighted by molar-refractivity contribution is -0.00589. The molecular formula is C14H30O5. The first-order valence-corrected chi connectivity index (χ1v) is 7.19. The topological polar surface area (TPSA) is 57.2 Å². The standard InChI is InChI=1S/C14H30O5/c1-14(2)4-3-6-16-8-10-18-12-13-19-11-9-17-7-5-15/h14-15H,3-13H2,1-2H3. The molecule has 0 unspecified atom stereocenters. The fourth-order valence-electron chi connectivity index (χ4n) is 1.42. The molecule has 0 fully saturated rings. The summed E-state index contributed by atoms with van der Waals surface area (Å²) in [5.41, 5.74) is 0. The van der Waals surface area contributed by atoms with Crippen LogP contribution in [0.3, 0.4) is 0 Å². The van der Waals surface area contributed by atoms with Crippen molar-refractivity contribution in [2.75, 3.05) is 59.5 Å². The van der Waals surface area contributed by atoms with Gasteiger partial charge >= 0.3 is 0 Å². The number of hydrogen-bond acceptors (Lipinski definition) is 5. The molecule has 5 heteroatoms. The number of aliphatic hydroxyl groups excluding tert-OH is 1. The number of rotatable bonds is 15. The zero-order valence-electron chi connectivity index (χ0n) is 12.4. The highest BCUT2D eigenvalue weighted by Gasteiger charge is 1.95. The van der Waals surface area contributed by atoms with E-state index in [0.717, 1.165) is 18.9 Å². The molecule has 0 aliphatic heterocycles. The molecule has 0 saturated heterocycles. The van der Waals surface area contributed by atoms with Gasteiger partial charge in [-0.1, -0.05) is 13.8 Å². The van der Waals surface area contributed by atoms with Crippen molar-refractivity contribution in [3.63, 3.8) is 0 Å². The van der Waals surface area contributed by atoms with Gasteiger partial charge in [0, 0.05) is 6.61 Å². The van der Waals surface area contributed by atoms with Gasteiger partial charge in [0.2, 0.25) is 0 Å². The van der Waals surface area contributed by atoms with E-state index >= 15 is 0 Å². The number of ether oxygens (including phenoxy) is 4. The third-order valence-electron chi connectivity index (χ3n) is 2.42. The summed E-state index contributed by atoms with van der Waals surface area (Å²) in [5, 5.41) is 8.47. The Morgan fingerprint density at radius 3 is 1.53 bits per heavy atom. The van der Waals surface area contributed by atoms with Gasteiger partial charge in [-0.3, -0.25) is 0 Å². The van der Waals surface area contributed by atoms with Crippen molar-refractivity contribution in [1.29, 1.82) is 0 Å². The number of hydrogen-bond donors (Lipinski definition) is 1. The van der Waals surface area contributed by atoms with Crippen molar-refractivity contribution in [2.24, 2.45) is 5.92 Å². The average Bonchev–Trinajstić information content (AvgIpc) is 2.39. The van der Waals surface area contributed by atoms with Crippen LogP contribution in [0.5, 0.6) is 0 Å². The third kappa shape index (κ3) is 17.8. The third-order valence-corrected chi connectivity index (χ3v) is 2.42. The first-order valence-electron chi connectivity index (χ1n) is 7.19. The Labute approximate surface area is 117 Å². The second kappa shape index (κ2) is 15.9. The molecule has 116 valence electrons.